The van der Waals surface area contributed by atoms with E-state index >= 15 is 0 Å². The maximum atomic E-state index is 9.78. The van der Waals surface area contributed by atoms with E-state index in [0.29, 0.717) is 5.92 Å². The fraction of sp³-hybridized carbons (Fsp3) is 1.00. The molecule has 1 aliphatic heterocycles. The van der Waals surface area contributed by atoms with Gasteiger partial charge in [-0.3, -0.25) is 0 Å². The lowest BCUT2D eigenvalue weighted by molar-refractivity contribution is 0.130. The first kappa shape index (κ1) is 9.47. The molecule has 2 atom stereocenters. The third kappa shape index (κ3) is 2.23. The van der Waals surface area contributed by atoms with Crippen LogP contribution in [0.5, 0.6) is 0 Å². The Hall–Kier alpha value is -0.0800. The van der Waals surface area contributed by atoms with Crippen LogP contribution in [0, 0.1) is 11.8 Å². The first-order valence-electron chi connectivity index (χ1n) is 5.62. The molecule has 0 spiro atoms. The average Bonchev–Trinajstić information content (AvgIpc) is 2.63. The lowest BCUT2D eigenvalue weighted by Crippen LogP contribution is -2.20. The van der Waals surface area contributed by atoms with Crippen LogP contribution in [0.3, 0.4) is 0 Å². The van der Waals surface area contributed by atoms with Crippen molar-refractivity contribution < 1.29 is 5.11 Å². The van der Waals surface area contributed by atoms with E-state index < -0.39 is 0 Å². The summed E-state index contributed by atoms with van der Waals surface area (Å²) in [7, 11) is 2.11. The number of aliphatic hydroxyl groups is 1. The lowest BCUT2D eigenvalue weighted by atomic mass is 9.91. The van der Waals surface area contributed by atoms with Gasteiger partial charge in [-0.15, -0.1) is 0 Å². The van der Waals surface area contributed by atoms with Crippen LogP contribution in [0.2, 0.25) is 0 Å². The molecule has 0 amide bonds. The summed E-state index contributed by atoms with van der Waals surface area (Å²) < 4.78 is 0. The van der Waals surface area contributed by atoms with Gasteiger partial charge in [0.25, 0.3) is 0 Å². The van der Waals surface area contributed by atoms with E-state index in [1.54, 1.807) is 0 Å². The summed E-state index contributed by atoms with van der Waals surface area (Å²) >= 11 is 0. The molecule has 2 unspecified atom stereocenters. The van der Waals surface area contributed by atoms with Crippen LogP contribution in [0.4, 0.5) is 0 Å². The SMILES string of the molecule is CN1CC(O)C(CC2CCCC2)C1. The quantitative estimate of drug-likeness (QED) is 0.701. The van der Waals surface area contributed by atoms with Crippen molar-refractivity contribution in [1.29, 1.82) is 0 Å². The molecule has 2 heteroatoms. The molecule has 0 radical (unpaired) electrons. The molecule has 1 heterocycles. The van der Waals surface area contributed by atoms with Crippen LogP contribution in [0.25, 0.3) is 0 Å². The van der Waals surface area contributed by atoms with E-state index in [2.05, 4.69) is 11.9 Å². The molecular formula is C11H21NO. The molecule has 0 bridgehead atoms. The highest BCUT2D eigenvalue weighted by molar-refractivity contribution is 4.84. The highest BCUT2D eigenvalue weighted by Gasteiger charge is 2.31. The molecule has 1 saturated carbocycles. The molecule has 0 aromatic carbocycles. The largest absolute Gasteiger partial charge is 0.391 e. The van der Waals surface area contributed by atoms with Gasteiger partial charge in [-0.05, 0) is 25.3 Å². The second-order valence-electron chi connectivity index (χ2n) is 4.93. The van der Waals surface area contributed by atoms with Crippen LogP contribution >= 0.6 is 0 Å². The standard InChI is InChI=1S/C11H21NO/c1-12-7-10(11(13)8-12)6-9-4-2-3-5-9/h9-11,13H,2-8H2,1H3. The summed E-state index contributed by atoms with van der Waals surface area (Å²) in [4.78, 5) is 2.25. The van der Waals surface area contributed by atoms with E-state index in [0.717, 1.165) is 19.0 Å². The van der Waals surface area contributed by atoms with Crippen molar-refractivity contribution >= 4 is 0 Å². The van der Waals surface area contributed by atoms with Crippen LogP contribution in [0.15, 0.2) is 0 Å². The van der Waals surface area contributed by atoms with Crippen LogP contribution in [0.1, 0.15) is 32.1 Å². The summed E-state index contributed by atoms with van der Waals surface area (Å²) in [6, 6.07) is 0. The first-order chi connectivity index (χ1) is 6.25. The van der Waals surface area contributed by atoms with Gasteiger partial charge in [0.2, 0.25) is 0 Å². The van der Waals surface area contributed by atoms with Gasteiger partial charge in [-0.2, -0.15) is 0 Å². The maximum Gasteiger partial charge on any atom is 0.0707 e. The molecule has 0 aromatic heterocycles. The fourth-order valence-electron chi connectivity index (χ4n) is 2.97. The molecule has 13 heavy (non-hydrogen) atoms. The zero-order valence-corrected chi connectivity index (χ0v) is 8.58. The first-order valence-corrected chi connectivity index (χ1v) is 5.62. The molecule has 1 aliphatic carbocycles. The lowest BCUT2D eigenvalue weighted by Gasteiger charge is -2.17. The Morgan fingerprint density at radius 1 is 1.23 bits per heavy atom. The third-order valence-corrected chi connectivity index (χ3v) is 3.70. The summed E-state index contributed by atoms with van der Waals surface area (Å²) in [5.41, 5.74) is 0. The zero-order valence-electron chi connectivity index (χ0n) is 8.58. The van der Waals surface area contributed by atoms with Crippen LogP contribution in [-0.4, -0.2) is 36.2 Å². The van der Waals surface area contributed by atoms with Crippen molar-refractivity contribution in [3.8, 4) is 0 Å². The molecular weight excluding hydrogens is 162 g/mol. The minimum Gasteiger partial charge on any atom is -0.391 e. The topological polar surface area (TPSA) is 23.5 Å². The molecule has 2 rings (SSSR count). The summed E-state index contributed by atoms with van der Waals surface area (Å²) in [5.74, 6) is 1.49. The van der Waals surface area contributed by atoms with Crippen LogP contribution < -0.4 is 0 Å². The molecule has 2 fully saturated rings. The van der Waals surface area contributed by atoms with E-state index in [-0.39, 0.29) is 6.10 Å². The highest BCUT2D eigenvalue weighted by atomic mass is 16.3. The van der Waals surface area contributed by atoms with Gasteiger partial charge >= 0.3 is 0 Å². The molecule has 2 aliphatic rings. The van der Waals surface area contributed by atoms with Crippen molar-refractivity contribution in [2.45, 2.75) is 38.2 Å². The highest BCUT2D eigenvalue weighted by Crippen LogP contribution is 2.33. The second-order valence-corrected chi connectivity index (χ2v) is 4.93. The number of rotatable bonds is 2. The fourth-order valence-corrected chi connectivity index (χ4v) is 2.97. The van der Waals surface area contributed by atoms with E-state index in [1.165, 1.54) is 32.1 Å². The summed E-state index contributed by atoms with van der Waals surface area (Å²) in [5, 5.41) is 9.78. The monoisotopic (exact) mass is 183 g/mol. The number of aliphatic hydroxyl groups excluding tert-OH is 1. The van der Waals surface area contributed by atoms with Crippen molar-refractivity contribution in [3.63, 3.8) is 0 Å². The Morgan fingerprint density at radius 3 is 2.46 bits per heavy atom. The number of hydrogen-bond acceptors (Lipinski definition) is 2. The molecule has 76 valence electrons. The molecule has 1 saturated heterocycles. The van der Waals surface area contributed by atoms with Crippen molar-refractivity contribution in [3.05, 3.63) is 0 Å². The summed E-state index contributed by atoms with van der Waals surface area (Å²) in [6.07, 6.45) is 6.88. The van der Waals surface area contributed by atoms with Gasteiger partial charge < -0.3 is 10.0 Å². The Balaban J connectivity index is 1.80. The third-order valence-electron chi connectivity index (χ3n) is 3.70. The predicted octanol–water partition coefficient (Wildman–Crippen LogP) is 1.49. The van der Waals surface area contributed by atoms with Crippen molar-refractivity contribution in [2.75, 3.05) is 20.1 Å². The van der Waals surface area contributed by atoms with Gasteiger partial charge in [0.15, 0.2) is 0 Å². The van der Waals surface area contributed by atoms with Gasteiger partial charge in [-0.1, -0.05) is 25.7 Å². The van der Waals surface area contributed by atoms with Crippen molar-refractivity contribution in [2.24, 2.45) is 11.8 Å². The van der Waals surface area contributed by atoms with Gasteiger partial charge in [0.05, 0.1) is 6.10 Å². The molecule has 1 N–H and O–H groups in total. The molecule has 2 nitrogen and oxygen atoms in total. The smallest absolute Gasteiger partial charge is 0.0707 e. The van der Waals surface area contributed by atoms with E-state index in [4.69, 9.17) is 0 Å². The number of hydrogen-bond donors (Lipinski definition) is 1. The van der Waals surface area contributed by atoms with Gasteiger partial charge in [0, 0.05) is 13.1 Å². The van der Waals surface area contributed by atoms with E-state index in [1.807, 2.05) is 0 Å². The Bertz CT molecular complexity index is 165. The average molecular weight is 183 g/mol. The Morgan fingerprint density at radius 2 is 1.92 bits per heavy atom. The van der Waals surface area contributed by atoms with Gasteiger partial charge in [0.1, 0.15) is 0 Å². The summed E-state index contributed by atoms with van der Waals surface area (Å²) in [6.45, 7) is 2.00. The minimum atomic E-state index is -0.0504. The minimum absolute atomic E-state index is 0.0504. The Labute approximate surface area is 80.9 Å². The van der Waals surface area contributed by atoms with Crippen LogP contribution in [-0.2, 0) is 0 Å². The van der Waals surface area contributed by atoms with Gasteiger partial charge in [-0.25, -0.2) is 0 Å². The zero-order chi connectivity index (χ0) is 9.26. The predicted molar refractivity (Wildman–Crippen MR) is 53.6 cm³/mol. The second kappa shape index (κ2) is 3.97. The number of likely N-dealkylation sites (N-methyl/N-ethyl adjacent to an activating group) is 1. The number of nitrogens with zero attached hydrogens (tertiary/aromatic N) is 1. The molecule has 0 aromatic rings. The number of likely N-dealkylation sites (tertiary alicyclic amines) is 1. The van der Waals surface area contributed by atoms with E-state index in [9.17, 15) is 5.11 Å². The Kier molecular flexibility index (Phi) is 2.89. The normalized spacial score (nSPS) is 37.4. The maximum absolute atomic E-state index is 9.78. The van der Waals surface area contributed by atoms with Crippen molar-refractivity contribution in [1.82, 2.24) is 4.90 Å². The number of β-amino-alcohol motifs (C(OH)–C–C–N with tert-alkyl or cyclic N) is 1.